The molecule has 1 aromatic rings. The van der Waals surface area contributed by atoms with Gasteiger partial charge in [-0.25, -0.2) is 8.42 Å². The average molecular weight is 294 g/mol. The Hall–Kier alpha value is -1.84. The third-order valence-electron chi connectivity index (χ3n) is 2.81. The molecule has 6 heteroatoms. The van der Waals surface area contributed by atoms with E-state index in [2.05, 4.69) is 11.2 Å². The Bertz CT molecular complexity index is 596. The second-order valence-corrected chi connectivity index (χ2v) is 5.94. The molecule has 1 rings (SSSR count). The van der Waals surface area contributed by atoms with Crippen LogP contribution in [0.5, 0.6) is 0 Å². The Morgan fingerprint density at radius 2 is 1.80 bits per heavy atom. The number of nitrogens with zero attached hydrogens (tertiary/aromatic N) is 1. The van der Waals surface area contributed by atoms with Gasteiger partial charge in [-0.05, 0) is 24.3 Å². The van der Waals surface area contributed by atoms with Crippen LogP contribution in [-0.2, 0) is 10.0 Å². The van der Waals surface area contributed by atoms with E-state index in [-0.39, 0.29) is 17.3 Å². The van der Waals surface area contributed by atoms with Crippen molar-refractivity contribution in [2.75, 3.05) is 19.6 Å². The van der Waals surface area contributed by atoms with Crippen LogP contribution in [0.1, 0.15) is 24.2 Å². The fourth-order valence-corrected chi connectivity index (χ4v) is 3.18. The molecule has 0 spiro atoms. The van der Waals surface area contributed by atoms with Gasteiger partial charge in [-0.2, -0.15) is 4.31 Å². The molecule has 0 aliphatic rings. The fraction of sp³-hybridized carbons (Fsp3) is 0.357. The summed E-state index contributed by atoms with van der Waals surface area (Å²) in [4.78, 5) is 11.8. The summed E-state index contributed by atoms with van der Waals surface area (Å²) >= 11 is 0. The quantitative estimate of drug-likeness (QED) is 0.798. The van der Waals surface area contributed by atoms with E-state index >= 15 is 0 Å². The molecule has 1 aromatic carbocycles. The molecule has 1 amide bonds. The van der Waals surface area contributed by atoms with Crippen LogP contribution >= 0.6 is 0 Å². The zero-order chi connectivity index (χ0) is 15.2. The molecular formula is C14H18N2O3S. The number of hydrogen-bond acceptors (Lipinski definition) is 3. The van der Waals surface area contributed by atoms with E-state index in [4.69, 9.17) is 6.42 Å². The van der Waals surface area contributed by atoms with Crippen molar-refractivity contribution in [3.63, 3.8) is 0 Å². The molecule has 20 heavy (non-hydrogen) atoms. The van der Waals surface area contributed by atoms with Crippen molar-refractivity contribution < 1.29 is 13.2 Å². The van der Waals surface area contributed by atoms with E-state index in [1.54, 1.807) is 13.8 Å². The minimum Gasteiger partial charge on any atom is -0.341 e. The molecule has 0 atom stereocenters. The van der Waals surface area contributed by atoms with Crippen molar-refractivity contribution in [3.05, 3.63) is 29.8 Å². The van der Waals surface area contributed by atoms with Gasteiger partial charge in [0.05, 0.1) is 11.4 Å². The van der Waals surface area contributed by atoms with Gasteiger partial charge in [0, 0.05) is 18.7 Å². The van der Waals surface area contributed by atoms with Crippen molar-refractivity contribution in [1.29, 1.82) is 0 Å². The van der Waals surface area contributed by atoms with Gasteiger partial charge in [0.25, 0.3) is 5.91 Å². The first kappa shape index (κ1) is 16.2. The molecule has 0 fully saturated rings. The SMILES string of the molecule is C#CCNC(=O)c1ccc(S(=O)(=O)N(CC)CC)cc1. The Morgan fingerprint density at radius 1 is 1.25 bits per heavy atom. The van der Waals surface area contributed by atoms with Gasteiger partial charge in [-0.3, -0.25) is 4.79 Å². The molecule has 0 aromatic heterocycles. The van der Waals surface area contributed by atoms with E-state index < -0.39 is 10.0 Å². The number of hydrogen-bond donors (Lipinski definition) is 1. The largest absolute Gasteiger partial charge is 0.341 e. The summed E-state index contributed by atoms with van der Waals surface area (Å²) in [5, 5.41) is 2.52. The van der Waals surface area contributed by atoms with E-state index in [1.807, 2.05) is 0 Å². The highest BCUT2D eigenvalue weighted by Crippen LogP contribution is 2.16. The van der Waals surface area contributed by atoms with Crippen LogP contribution in [-0.4, -0.2) is 38.3 Å². The molecule has 0 bridgehead atoms. The molecule has 0 radical (unpaired) electrons. The molecule has 5 nitrogen and oxygen atoms in total. The van der Waals surface area contributed by atoms with Crippen molar-refractivity contribution in [2.45, 2.75) is 18.7 Å². The predicted octanol–water partition coefficient (Wildman–Crippen LogP) is 1.08. The highest BCUT2D eigenvalue weighted by molar-refractivity contribution is 7.89. The number of sulfonamides is 1. The molecule has 0 saturated heterocycles. The maximum Gasteiger partial charge on any atom is 0.252 e. The molecule has 0 aliphatic heterocycles. The minimum atomic E-state index is -3.49. The molecule has 1 N–H and O–H groups in total. The maximum atomic E-state index is 12.2. The lowest BCUT2D eigenvalue weighted by molar-refractivity contribution is 0.0958. The summed E-state index contributed by atoms with van der Waals surface area (Å²) in [7, 11) is -3.49. The first-order valence-electron chi connectivity index (χ1n) is 6.29. The van der Waals surface area contributed by atoms with E-state index in [9.17, 15) is 13.2 Å². The Morgan fingerprint density at radius 3 is 2.25 bits per heavy atom. The van der Waals surface area contributed by atoms with Gasteiger partial charge in [0.2, 0.25) is 10.0 Å². The molecule has 0 unspecified atom stereocenters. The third-order valence-corrected chi connectivity index (χ3v) is 4.87. The van der Waals surface area contributed by atoms with Gasteiger partial charge in [-0.15, -0.1) is 6.42 Å². The molecular weight excluding hydrogens is 276 g/mol. The zero-order valence-corrected chi connectivity index (χ0v) is 12.4. The van der Waals surface area contributed by atoms with Crippen LogP contribution in [0.2, 0.25) is 0 Å². The summed E-state index contributed by atoms with van der Waals surface area (Å²) in [6.45, 7) is 4.51. The second kappa shape index (κ2) is 7.08. The number of rotatable bonds is 6. The third kappa shape index (κ3) is 3.59. The van der Waals surface area contributed by atoms with Gasteiger partial charge >= 0.3 is 0 Å². The predicted molar refractivity (Wildman–Crippen MR) is 77.7 cm³/mol. The first-order valence-corrected chi connectivity index (χ1v) is 7.73. The normalized spacial score (nSPS) is 11.1. The lowest BCUT2D eigenvalue weighted by atomic mass is 10.2. The minimum absolute atomic E-state index is 0.137. The van der Waals surface area contributed by atoms with E-state index in [0.29, 0.717) is 18.7 Å². The maximum absolute atomic E-state index is 12.2. The summed E-state index contributed by atoms with van der Waals surface area (Å²) in [6, 6.07) is 5.81. The smallest absolute Gasteiger partial charge is 0.252 e. The Balaban J connectivity index is 2.97. The first-order chi connectivity index (χ1) is 9.47. The Kier molecular flexibility index (Phi) is 5.74. The van der Waals surface area contributed by atoms with Crippen LogP contribution in [0.4, 0.5) is 0 Å². The average Bonchev–Trinajstić information content (AvgIpc) is 2.46. The van der Waals surface area contributed by atoms with Gasteiger partial charge in [0.1, 0.15) is 0 Å². The molecule has 0 heterocycles. The van der Waals surface area contributed by atoms with Gasteiger partial charge in [0.15, 0.2) is 0 Å². The standard InChI is InChI=1S/C14H18N2O3S/c1-4-11-15-14(17)12-7-9-13(10-8-12)20(18,19)16(5-2)6-3/h1,7-10H,5-6,11H2,2-3H3,(H,15,17). The molecule has 0 aliphatic carbocycles. The number of carbonyl (C=O) groups is 1. The highest BCUT2D eigenvalue weighted by Gasteiger charge is 2.21. The number of carbonyl (C=O) groups excluding carboxylic acids is 1. The van der Waals surface area contributed by atoms with Crippen LogP contribution < -0.4 is 5.32 Å². The van der Waals surface area contributed by atoms with Crippen molar-refractivity contribution in [3.8, 4) is 12.3 Å². The van der Waals surface area contributed by atoms with Gasteiger partial charge < -0.3 is 5.32 Å². The van der Waals surface area contributed by atoms with Crippen LogP contribution in [0.3, 0.4) is 0 Å². The van der Waals surface area contributed by atoms with Crippen LogP contribution in [0.15, 0.2) is 29.2 Å². The highest BCUT2D eigenvalue weighted by atomic mass is 32.2. The van der Waals surface area contributed by atoms with Crippen molar-refractivity contribution >= 4 is 15.9 Å². The summed E-state index contributed by atoms with van der Waals surface area (Å²) < 4.78 is 25.9. The van der Waals surface area contributed by atoms with Crippen LogP contribution in [0.25, 0.3) is 0 Å². The lowest BCUT2D eigenvalue weighted by Crippen LogP contribution is -2.30. The number of benzene rings is 1. The van der Waals surface area contributed by atoms with E-state index in [1.165, 1.54) is 28.6 Å². The molecule has 0 saturated carbocycles. The number of nitrogens with one attached hydrogen (secondary N) is 1. The fourth-order valence-electron chi connectivity index (χ4n) is 1.72. The molecule has 108 valence electrons. The van der Waals surface area contributed by atoms with Crippen molar-refractivity contribution in [1.82, 2.24) is 9.62 Å². The van der Waals surface area contributed by atoms with Crippen molar-refractivity contribution in [2.24, 2.45) is 0 Å². The van der Waals surface area contributed by atoms with E-state index in [0.717, 1.165) is 0 Å². The zero-order valence-electron chi connectivity index (χ0n) is 11.6. The summed E-state index contributed by atoms with van der Waals surface area (Å²) in [6.07, 6.45) is 5.05. The van der Waals surface area contributed by atoms with Crippen LogP contribution in [0, 0.1) is 12.3 Å². The monoisotopic (exact) mass is 294 g/mol. The number of amides is 1. The topological polar surface area (TPSA) is 66.5 Å². The Labute approximate surface area is 120 Å². The summed E-state index contributed by atoms with van der Waals surface area (Å²) in [5.74, 6) is 1.98. The lowest BCUT2D eigenvalue weighted by Gasteiger charge is -2.18. The van der Waals surface area contributed by atoms with Gasteiger partial charge in [-0.1, -0.05) is 19.8 Å². The second-order valence-electron chi connectivity index (χ2n) is 4.00. The number of terminal acetylenes is 1. The summed E-state index contributed by atoms with van der Waals surface area (Å²) in [5.41, 5.74) is 0.374.